The minimum Gasteiger partial charge on any atom is -0.497 e. The number of urea groups is 1. The molecule has 38 heavy (non-hydrogen) atoms. The van der Waals surface area contributed by atoms with Gasteiger partial charge in [-0.2, -0.15) is 0 Å². The first-order chi connectivity index (χ1) is 18.5. The molecule has 3 fully saturated rings. The number of piperazine rings is 1. The molecule has 0 radical (unpaired) electrons. The number of carbonyl (C=O) groups excluding carboxylic acids is 2. The van der Waals surface area contributed by atoms with Crippen LogP contribution >= 0.6 is 0 Å². The van der Waals surface area contributed by atoms with Crippen LogP contribution in [0.2, 0.25) is 0 Å². The van der Waals surface area contributed by atoms with Gasteiger partial charge >= 0.3 is 6.03 Å². The lowest BCUT2D eigenvalue weighted by atomic mass is 9.92. The second-order valence-electron chi connectivity index (χ2n) is 10.4. The van der Waals surface area contributed by atoms with Crippen LogP contribution in [0.25, 0.3) is 11.1 Å². The van der Waals surface area contributed by atoms with Crippen molar-refractivity contribution in [3.8, 4) is 5.75 Å². The number of nitrogens with one attached hydrogen (secondary N) is 3. The highest BCUT2D eigenvalue weighted by atomic mass is 16.6. The number of imide groups is 1. The Kier molecular flexibility index (Phi) is 5.36. The number of carbonyl (C=O) groups is 2. The first-order valence-electron chi connectivity index (χ1n) is 13.1. The van der Waals surface area contributed by atoms with Crippen molar-refractivity contribution >= 4 is 28.9 Å². The molecule has 3 amide bonds. The number of benzene rings is 1. The van der Waals surface area contributed by atoms with E-state index in [4.69, 9.17) is 18.9 Å². The molecule has 2 aromatic heterocycles. The van der Waals surface area contributed by atoms with E-state index in [9.17, 15) is 9.59 Å². The van der Waals surface area contributed by atoms with Crippen LogP contribution in [0, 0.1) is 0 Å². The minimum absolute atomic E-state index is 0.100. The first kappa shape index (κ1) is 23.4. The van der Waals surface area contributed by atoms with Crippen LogP contribution < -0.4 is 25.6 Å². The maximum atomic E-state index is 13.3. The van der Waals surface area contributed by atoms with Crippen molar-refractivity contribution in [3.05, 3.63) is 53.3 Å². The molecule has 0 spiro atoms. The lowest BCUT2D eigenvalue weighted by Crippen LogP contribution is -2.53. The molecule has 4 aliphatic rings. The number of furan rings is 1. The largest absolute Gasteiger partial charge is 0.497 e. The van der Waals surface area contributed by atoms with Crippen molar-refractivity contribution in [1.29, 1.82) is 0 Å². The van der Waals surface area contributed by atoms with Crippen LogP contribution in [0.4, 0.5) is 10.6 Å². The molecule has 3 N–H and O–H groups in total. The second kappa shape index (κ2) is 8.69. The molecule has 4 aliphatic heterocycles. The highest BCUT2D eigenvalue weighted by Crippen LogP contribution is 2.49. The summed E-state index contributed by atoms with van der Waals surface area (Å²) in [5.74, 6) is 1.55. The SMILES string of the molecule is CC[C@@H]1CN(c2ccc3oc([C@]4(CN5Cc6ccc(OC)cc6C6OC65)NC(=O)NC4=O)cc3n2)CCN1. The Hall–Kier alpha value is -3.67. The van der Waals surface area contributed by atoms with Crippen molar-refractivity contribution in [2.45, 2.75) is 43.8 Å². The van der Waals surface area contributed by atoms with Gasteiger partial charge in [-0.3, -0.25) is 15.0 Å². The van der Waals surface area contributed by atoms with Crippen molar-refractivity contribution in [2.75, 3.05) is 38.2 Å². The summed E-state index contributed by atoms with van der Waals surface area (Å²) < 4.78 is 17.6. The van der Waals surface area contributed by atoms with Crippen LogP contribution in [-0.2, 0) is 21.6 Å². The molecule has 0 saturated carbocycles. The van der Waals surface area contributed by atoms with E-state index >= 15 is 0 Å². The Morgan fingerprint density at radius 2 is 2.11 bits per heavy atom. The van der Waals surface area contributed by atoms with E-state index in [0.717, 1.165) is 48.7 Å². The van der Waals surface area contributed by atoms with Crippen molar-refractivity contribution < 1.29 is 23.5 Å². The molecular formula is C27H30N6O5. The first-order valence-corrected chi connectivity index (χ1v) is 13.1. The molecule has 11 heteroatoms. The Morgan fingerprint density at radius 1 is 1.21 bits per heavy atom. The fraction of sp³-hybridized carbons (Fsp3) is 0.444. The Labute approximate surface area is 219 Å². The maximum Gasteiger partial charge on any atom is 0.322 e. The highest BCUT2D eigenvalue weighted by Gasteiger charge is 2.57. The van der Waals surface area contributed by atoms with E-state index in [2.05, 4.69) is 32.7 Å². The molecule has 3 aromatic rings. The molecule has 198 valence electrons. The summed E-state index contributed by atoms with van der Waals surface area (Å²) >= 11 is 0. The van der Waals surface area contributed by atoms with Gasteiger partial charge in [0.15, 0.2) is 11.1 Å². The number of hydrogen-bond acceptors (Lipinski definition) is 9. The lowest BCUT2D eigenvalue weighted by Gasteiger charge is -2.34. The third kappa shape index (κ3) is 3.72. The van der Waals surface area contributed by atoms with Gasteiger partial charge in [-0.25, -0.2) is 9.78 Å². The molecule has 4 atom stereocenters. The average molecular weight is 519 g/mol. The monoisotopic (exact) mass is 518 g/mol. The smallest absolute Gasteiger partial charge is 0.322 e. The van der Waals surface area contributed by atoms with Crippen LogP contribution in [0.3, 0.4) is 0 Å². The third-order valence-corrected chi connectivity index (χ3v) is 8.10. The predicted octanol–water partition coefficient (Wildman–Crippen LogP) is 1.97. The zero-order chi connectivity index (χ0) is 26.0. The number of hydrogen-bond donors (Lipinski definition) is 3. The van der Waals surface area contributed by atoms with Crippen LogP contribution in [0.15, 0.2) is 40.8 Å². The van der Waals surface area contributed by atoms with Gasteiger partial charge in [0.25, 0.3) is 5.91 Å². The fourth-order valence-electron chi connectivity index (χ4n) is 5.94. The van der Waals surface area contributed by atoms with E-state index in [1.165, 1.54) is 0 Å². The van der Waals surface area contributed by atoms with Gasteiger partial charge in [-0.1, -0.05) is 13.0 Å². The summed E-state index contributed by atoms with van der Waals surface area (Å²) in [7, 11) is 1.64. The minimum atomic E-state index is -1.40. The number of epoxide rings is 1. The number of aromatic nitrogens is 1. The summed E-state index contributed by atoms with van der Waals surface area (Å²) in [6.45, 7) is 5.59. The summed E-state index contributed by atoms with van der Waals surface area (Å²) in [5, 5.41) is 8.79. The summed E-state index contributed by atoms with van der Waals surface area (Å²) in [6.07, 6.45) is 0.758. The zero-order valence-electron chi connectivity index (χ0n) is 21.3. The van der Waals surface area contributed by atoms with E-state index < -0.39 is 17.5 Å². The molecular weight excluding hydrogens is 488 g/mol. The molecule has 7 rings (SSSR count). The quantitative estimate of drug-likeness (QED) is 0.332. The molecule has 3 saturated heterocycles. The van der Waals surface area contributed by atoms with Crippen molar-refractivity contribution in [3.63, 3.8) is 0 Å². The molecule has 1 aromatic carbocycles. The number of methoxy groups -OCH3 is 1. The predicted molar refractivity (Wildman–Crippen MR) is 138 cm³/mol. The van der Waals surface area contributed by atoms with Gasteiger partial charge in [0.1, 0.15) is 35.2 Å². The standard InChI is InChI=1S/C27H30N6O5/c1-3-16-13-32(9-8-28-16)22-7-6-20-19(29-22)11-21(37-20)27(25(34)30-26(35)31-27)14-33-12-15-4-5-17(36-2)10-18(15)23-24(33)38-23/h4-7,10-11,16,23-24,28H,3,8-9,12-14H2,1-2H3,(H2,30,31,34,35)/t16-,23?,24?,27+/m1/s1. The van der Waals surface area contributed by atoms with Crippen LogP contribution in [-0.4, -0.2) is 67.4 Å². The number of nitrogens with zero attached hydrogens (tertiary/aromatic N) is 3. The van der Waals surface area contributed by atoms with Crippen LogP contribution in [0.5, 0.6) is 5.75 Å². The number of pyridine rings is 1. The van der Waals surface area contributed by atoms with Crippen LogP contribution in [0.1, 0.15) is 36.3 Å². The summed E-state index contributed by atoms with van der Waals surface area (Å²) in [5.41, 5.74) is 2.01. The van der Waals surface area contributed by atoms with Gasteiger partial charge in [-0.15, -0.1) is 0 Å². The second-order valence-corrected chi connectivity index (χ2v) is 10.4. The summed E-state index contributed by atoms with van der Waals surface area (Å²) in [4.78, 5) is 34.9. The summed E-state index contributed by atoms with van der Waals surface area (Å²) in [6, 6.07) is 11.4. The Morgan fingerprint density at radius 3 is 2.89 bits per heavy atom. The van der Waals surface area contributed by atoms with E-state index in [0.29, 0.717) is 29.4 Å². The van der Waals surface area contributed by atoms with Gasteiger partial charge in [0, 0.05) is 44.8 Å². The van der Waals surface area contributed by atoms with Gasteiger partial charge in [0.2, 0.25) is 0 Å². The highest BCUT2D eigenvalue weighted by molar-refractivity contribution is 6.07. The van der Waals surface area contributed by atoms with E-state index in [-0.39, 0.29) is 18.9 Å². The Bertz CT molecular complexity index is 1440. The fourth-order valence-corrected chi connectivity index (χ4v) is 5.94. The maximum absolute atomic E-state index is 13.3. The lowest BCUT2D eigenvalue weighted by molar-refractivity contribution is -0.126. The topological polar surface area (TPSA) is 125 Å². The average Bonchev–Trinajstić information content (AvgIpc) is 3.55. The van der Waals surface area contributed by atoms with Crippen molar-refractivity contribution in [1.82, 2.24) is 25.8 Å². The third-order valence-electron chi connectivity index (χ3n) is 8.10. The van der Waals surface area contributed by atoms with E-state index in [1.807, 2.05) is 30.3 Å². The number of rotatable bonds is 6. The Balaban J connectivity index is 1.21. The van der Waals surface area contributed by atoms with Crippen molar-refractivity contribution in [2.24, 2.45) is 0 Å². The van der Waals surface area contributed by atoms with Gasteiger partial charge in [0.05, 0.1) is 7.11 Å². The molecule has 11 nitrogen and oxygen atoms in total. The number of fused-ring (bicyclic) bond motifs is 4. The molecule has 6 heterocycles. The zero-order valence-corrected chi connectivity index (χ0v) is 21.3. The molecule has 2 unspecified atom stereocenters. The van der Waals surface area contributed by atoms with Gasteiger partial charge < -0.3 is 29.4 Å². The molecule has 0 aliphatic carbocycles. The normalized spacial score (nSPS) is 28.6. The van der Waals surface area contributed by atoms with E-state index in [1.54, 1.807) is 13.2 Å². The molecule has 0 bridgehead atoms. The number of anilines is 1. The van der Waals surface area contributed by atoms with Gasteiger partial charge in [-0.05, 0) is 41.8 Å². The number of amides is 3. The number of ether oxygens (including phenoxy) is 2.